The lowest BCUT2D eigenvalue weighted by Gasteiger charge is -2.07. The summed E-state index contributed by atoms with van der Waals surface area (Å²) in [6.45, 7) is 1.97. The van der Waals surface area contributed by atoms with Gasteiger partial charge < -0.3 is 5.11 Å². The second-order valence-electron chi connectivity index (χ2n) is 4.44. The third-order valence-corrected chi connectivity index (χ3v) is 3.57. The maximum atomic E-state index is 11.1. The monoisotopic (exact) mass is 331 g/mol. The SMILES string of the molecule is Cc1cc(Br)ccc1-n1nnc2ccc(C(=O)O)cc21. The standard InChI is InChI=1S/C14H10BrN3O2/c1-8-6-10(15)3-5-12(8)18-13-7-9(14(19)20)2-4-11(13)16-17-18/h2-7H,1H3,(H,19,20). The van der Waals surface area contributed by atoms with Crippen molar-refractivity contribution in [2.75, 3.05) is 0 Å². The molecule has 0 aliphatic rings. The van der Waals surface area contributed by atoms with E-state index >= 15 is 0 Å². The molecule has 1 heterocycles. The summed E-state index contributed by atoms with van der Waals surface area (Å²) >= 11 is 3.42. The normalized spacial score (nSPS) is 10.9. The van der Waals surface area contributed by atoms with Crippen molar-refractivity contribution in [2.45, 2.75) is 6.92 Å². The summed E-state index contributed by atoms with van der Waals surface area (Å²) in [5, 5.41) is 17.3. The largest absolute Gasteiger partial charge is 0.478 e. The van der Waals surface area contributed by atoms with Gasteiger partial charge in [-0.1, -0.05) is 21.1 Å². The average Bonchev–Trinajstić information content (AvgIpc) is 2.81. The van der Waals surface area contributed by atoms with Gasteiger partial charge in [0.25, 0.3) is 0 Å². The van der Waals surface area contributed by atoms with Crippen LogP contribution in [-0.4, -0.2) is 26.1 Å². The van der Waals surface area contributed by atoms with E-state index in [0.717, 1.165) is 15.7 Å². The van der Waals surface area contributed by atoms with Crippen molar-refractivity contribution in [1.29, 1.82) is 0 Å². The minimum Gasteiger partial charge on any atom is -0.478 e. The van der Waals surface area contributed by atoms with E-state index in [1.54, 1.807) is 16.8 Å². The highest BCUT2D eigenvalue weighted by Crippen LogP contribution is 2.23. The molecule has 0 saturated carbocycles. The molecule has 0 fully saturated rings. The zero-order chi connectivity index (χ0) is 14.3. The number of benzene rings is 2. The van der Waals surface area contributed by atoms with E-state index in [-0.39, 0.29) is 5.56 Å². The Bertz CT molecular complexity index is 826. The molecule has 5 nitrogen and oxygen atoms in total. The molecule has 0 spiro atoms. The van der Waals surface area contributed by atoms with Crippen molar-refractivity contribution in [3.8, 4) is 5.69 Å². The van der Waals surface area contributed by atoms with Gasteiger partial charge >= 0.3 is 5.97 Å². The van der Waals surface area contributed by atoms with E-state index in [1.807, 2.05) is 25.1 Å². The predicted molar refractivity (Wildman–Crippen MR) is 78.3 cm³/mol. The van der Waals surface area contributed by atoms with Crippen molar-refractivity contribution in [3.63, 3.8) is 0 Å². The molecule has 20 heavy (non-hydrogen) atoms. The molecular formula is C14H10BrN3O2. The fraction of sp³-hybridized carbons (Fsp3) is 0.0714. The van der Waals surface area contributed by atoms with Gasteiger partial charge in [-0.25, -0.2) is 9.48 Å². The van der Waals surface area contributed by atoms with Crippen LogP contribution in [0.3, 0.4) is 0 Å². The molecule has 1 aromatic heterocycles. The molecule has 0 aliphatic heterocycles. The zero-order valence-corrected chi connectivity index (χ0v) is 12.1. The van der Waals surface area contributed by atoms with E-state index < -0.39 is 5.97 Å². The molecule has 0 radical (unpaired) electrons. The Kier molecular flexibility index (Phi) is 3.02. The Hall–Kier alpha value is -2.21. The molecule has 0 saturated heterocycles. The van der Waals surface area contributed by atoms with Crippen molar-refractivity contribution in [2.24, 2.45) is 0 Å². The predicted octanol–water partition coefficient (Wildman–Crippen LogP) is 3.19. The van der Waals surface area contributed by atoms with Crippen LogP contribution in [0.25, 0.3) is 16.7 Å². The summed E-state index contributed by atoms with van der Waals surface area (Å²) in [6.07, 6.45) is 0. The number of halogens is 1. The number of fused-ring (bicyclic) bond motifs is 1. The fourth-order valence-corrected chi connectivity index (χ4v) is 2.56. The first-order chi connectivity index (χ1) is 9.56. The molecule has 3 aromatic rings. The Balaban J connectivity index is 2.25. The molecule has 0 atom stereocenters. The van der Waals surface area contributed by atoms with Crippen LogP contribution in [0.4, 0.5) is 0 Å². The number of hydrogen-bond acceptors (Lipinski definition) is 3. The maximum absolute atomic E-state index is 11.1. The molecular weight excluding hydrogens is 322 g/mol. The number of nitrogens with zero attached hydrogens (tertiary/aromatic N) is 3. The van der Waals surface area contributed by atoms with Crippen molar-refractivity contribution in [1.82, 2.24) is 15.0 Å². The van der Waals surface area contributed by atoms with Crippen LogP contribution in [0.15, 0.2) is 40.9 Å². The van der Waals surface area contributed by atoms with Gasteiger partial charge in [0.15, 0.2) is 0 Å². The molecule has 0 aliphatic carbocycles. The van der Waals surface area contributed by atoms with Gasteiger partial charge in [0.05, 0.1) is 16.8 Å². The minimum atomic E-state index is -0.966. The summed E-state index contributed by atoms with van der Waals surface area (Å²) in [5.41, 5.74) is 3.45. The zero-order valence-electron chi connectivity index (χ0n) is 10.5. The number of carbonyl (C=O) groups is 1. The van der Waals surface area contributed by atoms with E-state index in [0.29, 0.717) is 11.0 Å². The van der Waals surface area contributed by atoms with Gasteiger partial charge in [0, 0.05) is 4.47 Å². The number of hydrogen-bond donors (Lipinski definition) is 1. The van der Waals surface area contributed by atoms with Crippen LogP contribution >= 0.6 is 15.9 Å². The molecule has 6 heteroatoms. The summed E-state index contributed by atoms with van der Waals surface area (Å²) in [6, 6.07) is 10.6. The van der Waals surface area contributed by atoms with Crippen LogP contribution in [-0.2, 0) is 0 Å². The second kappa shape index (κ2) is 4.72. The first-order valence-corrected chi connectivity index (χ1v) is 6.71. The highest BCUT2D eigenvalue weighted by atomic mass is 79.9. The van der Waals surface area contributed by atoms with E-state index in [2.05, 4.69) is 26.2 Å². The molecule has 2 aromatic carbocycles. The van der Waals surface area contributed by atoms with Crippen molar-refractivity contribution >= 4 is 32.9 Å². The van der Waals surface area contributed by atoms with Crippen LogP contribution in [0.1, 0.15) is 15.9 Å². The van der Waals surface area contributed by atoms with Gasteiger partial charge in [-0.05, 0) is 48.9 Å². The Morgan fingerprint density at radius 3 is 2.75 bits per heavy atom. The van der Waals surface area contributed by atoms with Crippen molar-refractivity contribution in [3.05, 3.63) is 52.0 Å². The average molecular weight is 332 g/mol. The van der Waals surface area contributed by atoms with Gasteiger partial charge in [-0.2, -0.15) is 0 Å². The van der Waals surface area contributed by atoms with E-state index in [1.165, 1.54) is 6.07 Å². The molecule has 0 bridgehead atoms. The van der Waals surface area contributed by atoms with Crippen LogP contribution in [0, 0.1) is 6.92 Å². The molecule has 1 N–H and O–H groups in total. The minimum absolute atomic E-state index is 0.218. The lowest BCUT2D eigenvalue weighted by Crippen LogP contribution is -2.01. The molecule has 3 rings (SSSR count). The summed E-state index contributed by atoms with van der Waals surface area (Å²) in [5.74, 6) is -0.966. The van der Waals surface area contributed by atoms with Gasteiger partial charge in [-0.15, -0.1) is 5.10 Å². The summed E-state index contributed by atoms with van der Waals surface area (Å²) in [7, 11) is 0. The number of aromatic nitrogens is 3. The maximum Gasteiger partial charge on any atom is 0.335 e. The number of rotatable bonds is 2. The van der Waals surface area contributed by atoms with Crippen LogP contribution in [0.5, 0.6) is 0 Å². The lowest BCUT2D eigenvalue weighted by atomic mass is 10.1. The third kappa shape index (κ3) is 2.08. The van der Waals surface area contributed by atoms with Crippen molar-refractivity contribution < 1.29 is 9.90 Å². The topological polar surface area (TPSA) is 68.0 Å². The fourth-order valence-electron chi connectivity index (χ4n) is 2.09. The molecule has 0 amide bonds. The number of carboxylic acid groups (broad SMARTS) is 1. The number of aryl methyl sites for hydroxylation is 1. The summed E-state index contributed by atoms with van der Waals surface area (Å²) < 4.78 is 2.64. The number of carboxylic acids is 1. The second-order valence-corrected chi connectivity index (χ2v) is 5.36. The smallest absolute Gasteiger partial charge is 0.335 e. The van der Waals surface area contributed by atoms with E-state index in [9.17, 15) is 4.79 Å². The Morgan fingerprint density at radius 1 is 1.25 bits per heavy atom. The highest BCUT2D eigenvalue weighted by molar-refractivity contribution is 9.10. The van der Waals surface area contributed by atoms with E-state index in [4.69, 9.17) is 5.11 Å². The molecule has 0 unspecified atom stereocenters. The van der Waals surface area contributed by atoms with Gasteiger partial charge in [0.1, 0.15) is 5.52 Å². The Morgan fingerprint density at radius 2 is 2.05 bits per heavy atom. The van der Waals surface area contributed by atoms with Crippen LogP contribution in [0.2, 0.25) is 0 Å². The van der Waals surface area contributed by atoms with Gasteiger partial charge in [0.2, 0.25) is 0 Å². The first kappa shape index (κ1) is 12.8. The third-order valence-electron chi connectivity index (χ3n) is 3.08. The first-order valence-electron chi connectivity index (χ1n) is 5.91. The lowest BCUT2D eigenvalue weighted by molar-refractivity contribution is 0.0697. The number of aromatic carboxylic acids is 1. The van der Waals surface area contributed by atoms with Gasteiger partial charge in [-0.3, -0.25) is 0 Å². The Labute approximate surface area is 123 Å². The summed E-state index contributed by atoms with van der Waals surface area (Å²) in [4.78, 5) is 11.1. The highest BCUT2D eigenvalue weighted by Gasteiger charge is 2.12. The molecule has 100 valence electrons. The van der Waals surface area contributed by atoms with Crippen LogP contribution < -0.4 is 0 Å². The quantitative estimate of drug-likeness (QED) is 0.783.